The van der Waals surface area contributed by atoms with E-state index in [-0.39, 0.29) is 0 Å². The molecule has 22 heavy (non-hydrogen) atoms. The topological polar surface area (TPSA) is 55.6 Å². The molecule has 6 nitrogen and oxygen atoms in total. The Morgan fingerprint density at radius 1 is 1.09 bits per heavy atom. The number of aromatic nitrogens is 4. The number of nitrogens with zero attached hydrogens (tertiary/aromatic N) is 5. The Bertz CT molecular complexity index is 798. The number of halogens is 1. The molecule has 4 heterocycles. The van der Waals surface area contributed by atoms with Crippen molar-refractivity contribution in [3.05, 3.63) is 41.7 Å². The number of anilines is 1. The molecule has 0 unspecified atom stereocenters. The van der Waals surface area contributed by atoms with E-state index in [1.54, 1.807) is 6.20 Å². The molecule has 0 amide bonds. The molecule has 7 heteroatoms. The van der Waals surface area contributed by atoms with Gasteiger partial charge < -0.3 is 9.64 Å². The van der Waals surface area contributed by atoms with Crippen molar-refractivity contribution in [2.45, 2.75) is 0 Å². The van der Waals surface area contributed by atoms with Crippen molar-refractivity contribution in [1.29, 1.82) is 0 Å². The van der Waals surface area contributed by atoms with Crippen LogP contribution in [0.5, 0.6) is 0 Å². The summed E-state index contributed by atoms with van der Waals surface area (Å²) in [6.07, 6.45) is 1.75. The zero-order chi connectivity index (χ0) is 14.9. The fraction of sp³-hybridized carbons (Fsp3) is 0.267. The van der Waals surface area contributed by atoms with Crippen molar-refractivity contribution in [1.82, 2.24) is 19.6 Å². The second-order valence-electron chi connectivity index (χ2n) is 5.05. The molecule has 0 atom stereocenters. The Morgan fingerprint density at radius 2 is 1.95 bits per heavy atom. The lowest BCUT2D eigenvalue weighted by Gasteiger charge is -2.28. The molecular formula is C15H14ClN5O. The largest absolute Gasteiger partial charge is 0.378 e. The maximum absolute atomic E-state index is 6.17. The molecule has 0 N–H and O–H groups in total. The Hall–Kier alpha value is -2.18. The lowest BCUT2D eigenvalue weighted by atomic mass is 10.3. The summed E-state index contributed by atoms with van der Waals surface area (Å²) in [4.78, 5) is 10.9. The minimum atomic E-state index is 0.460. The Morgan fingerprint density at radius 3 is 2.73 bits per heavy atom. The highest BCUT2D eigenvalue weighted by atomic mass is 35.5. The van der Waals surface area contributed by atoms with Crippen LogP contribution in [0.15, 0.2) is 36.5 Å². The van der Waals surface area contributed by atoms with E-state index in [1.807, 2.05) is 34.8 Å². The maximum atomic E-state index is 6.17. The van der Waals surface area contributed by atoms with Gasteiger partial charge in [-0.25, -0.2) is 4.98 Å². The van der Waals surface area contributed by atoms with E-state index in [9.17, 15) is 0 Å². The first-order chi connectivity index (χ1) is 10.8. The molecule has 1 saturated heterocycles. The Labute approximate surface area is 132 Å². The molecule has 1 aliphatic rings. The van der Waals surface area contributed by atoms with Crippen LogP contribution in [0.4, 0.5) is 5.82 Å². The molecule has 0 radical (unpaired) electrons. The van der Waals surface area contributed by atoms with E-state index in [1.165, 1.54) is 0 Å². The van der Waals surface area contributed by atoms with E-state index in [0.717, 1.165) is 35.9 Å². The normalized spacial score (nSPS) is 15.4. The summed E-state index contributed by atoms with van der Waals surface area (Å²) >= 11 is 6.17. The van der Waals surface area contributed by atoms with Crippen molar-refractivity contribution < 1.29 is 4.74 Å². The number of pyridine rings is 1. The van der Waals surface area contributed by atoms with Gasteiger partial charge in [-0.15, -0.1) is 0 Å². The Balaban J connectivity index is 1.84. The zero-order valence-corrected chi connectivity index (χ0v) is 12.6. The molecule has 3 aromatic rings. The fourth-order valence-electron chi connectivity index (χ4n) is 2.59. The number of ether oxygens (including phenoxy) is 1. The molecule has 0 bridgehead atoms. The minimum Gasteiger partial charge on any atom is -0.378 e. The molecule has 0 aliphatic carbocycles. The smallest absolute Gasteiger partial charge is 0.159 e. The van der Waals surface area contributed by atoms with Crippen molar-refractivity contribution >= 4 is 23.1 Å². The van der Waals surface area contributed by atoms with Crippen LogP contribution in [0.25, 0.3) is 17.0 Å². The predicted molar refractivity (Wildman–Crippen MR) is 84.3 cm³/mol. The van der Waals surface area contributed by atoms with Gasteiger partial charge in [-0.3, -0.25) is 4.98 Å². The molecule has 0 spiro atoms. The summed E-state index contributed by atoms with van der Waals surface area (Å²) in [5, 5.41) is 5.11. The zero-order valence-electron chi connectivity index (χ0n) is 11.8. The standard InChI is InChI=1S/C15H14ClN5O/c16-13-10-15(20-5-7-22-8-6-20)21-14(18-13)9-12(19-21)11-3-1-2-4-17-11/h1-4,9-10H,5-8H2. The van der Waals surface area contributed by atoms with Crippen LogP contribution in [-0.2, 0) is 4.74 Å². The number of hydrogen-bond donors (Lipinski definition) is 0. The van der Waals surface area contributed by atoms with E-state index in [4.69, 9.17) is 16.3 Å². The molecule has 112 valence electrons. The van der Waals surface area contributed by atoms with Gasteiger partial charge in [0.1, 0.15) is 16.7 Å². The second-order valence-corrected chi connectivity index (χ2v) is 5.44. The van der Waals surface area contributed by atoms with Gasteiger partial charge >= 0.3 is 0 Å². The molecule has 0 aromatic carbocycles. The number of rotatable bonds is 2. The average Bonchev–Trinajstić information content (AvgIpc) is 2.99. The van der Waals surface area contributed by atoms with Gasteiger partial charge in [0.2, 0.25) is 0 Å². The molecular weight excluding hydrogens is 302 g/mol. The Kier molecular flexibility index (Phi) is 3.40. The van der Waals surface area contributed by atoms with Gasteiger partial charge in [0, 0.05) is 31.4 Å². The molecule has 1 fully saturated rings. The highest BCUT2D eigenvalue weighted by molar-refractivity contribution is 6.29. The van der Waals surface area contributed by atoms with Crippen molar-refractivity contribution in [3.8, 4) is 11.4 Å². The fourth-order valence-corrected chi connectivity index (χ4v) is 2.77. The quantitative estimate of drug-likeness (QED) is 0.679. The van der Waals surface area contributed by atoms with E-state index >= 15 is 0 Å². The molecule has 1 aliphatic heterocycles. The minimum absolute atomic E-state index is 0.460. The highest BCUT2D eigenvalue weighted by Crippen LogP contribution is 2.24. The van der Waals surface area contributed by atoms with E-state index < -0.39 is 0 Å². The van der Waals surface area contributed by atoms with E-state index in [0.29, 0.717) is 18.4 Å². The molecule has 3 aromatic heterocycles. The third kappa shape index (κ3) is 2.40. The van der Waals surface area contributed by atoms with Crippen LogP contribution in [0, 0.1) is 0 Å². The highest BCUT2D eigenvalue weighted by Gasteiger charge is 2.17. The van der Waals surface area contributed by atoms with Crippen LogP contribution in [0.2, 0.25) is 5.15 Å². The lowest BCUT2D eigenvalue weighted by molar-refractivity contribution is 0.122. The number of fused-ring (bicyclic) bond motifs is 1. The molecule has 4 rings (SSSR count). The second kappa shape index (κ2) is 5.55. The third-order valence-corrected chi connectivity index (χ3v) is 3.83. The van der Waals surface area contributed by atoms with Crippen molar-refractivity contribution in [2.75, 3.05) is 31.2 Å². The van der Waals surface area contributed by atoms with Crippen LogP contribution in [-0.4, -0.2) is 45.9 Å². The number of hydrogen-bond acceptors (Lipinski definition) is 5. The van der Waals surface area contributed by atoms with E-state index in [2.05, 4.69) is 20.0 Å². The van der Waals surface area contributed by atoms with Crippen molar-refractivity contribution in [2.24, 2.45) is 0 Å². The van der Waals surface area contributed by atoms with Crippen LogP contribution in [0.1, 0.15) is 0 Å². The summed E-state index contributed by atoms with van der Waals surface area (Å²) in [6.45, 7) is 3.04. The van der Waals surface area contributed by atoms with Gasteiger partial charge in [0.05, 0.1) is 18.9 Å². The van der Waals surface area contributed by atoms with Gasteiger partial charge in [-0.05, 0) is 12.1 Å². The monoisotopic (exact) mass is 315 g/mol. The number of morpholine rings is 1. The average molecular weight is 316 g/mol. The van der Waals surface area contributed by atoms with Gasteiger partial charge in [-0.1, -0.05) is 17.7 Å². The van der Waals surface area contributed by atoms with Crippen LogP contribution in [0.3, 0.4) is 0 Å². The lowest BCUT2D eigenvalue weighted by Crippen LogP contribution is -2.37. The molecule has 0 saturated carbocycles. The van der Waals surface area contributed by atoms with Crippen molar-refractivity contribution in [3.63, 3.8) is 0 Å². The third-order valence-electron chi connectivity index (χ3n) is 3.64. The summed E-state index contributed by atoms with van der Waals surface area (Å²) < 4.78 is 7.23. The summed E-state index contributed by atoms with van der Waals surface area (Å²) in [5.74, 6) is 0.931. The predicted octanol–water partition coefficient (Wildman–Crippen LogP) is 2.28. The first-order valence-corrected chi connectivity index (χ1v) is 7.49. The van der Waals surface area contributed by atoms with Gasteiger partial charge in [-0.2, -0.15) is 9.61 Å². The first kappa shape index (κ1) is 13.5. The summed E-state index contributed by atoms with van der Waals surface area (Å²) in [5.41, 5.74) is 2.32. The van der Waals surface area contributed by atoms with Crippen LogP contribution < -0.4 is 4.90 Å². The SMILES string of the molecule is Clc1cc(N2CCOCC2)n2nc(-c3ccccn3)cc2n1. The first-order valence-electron chi connectivity index (χ1n) is 7.12. The van der Waals surface area contributed by atoms with Crippen LogP contribution >= 0.6 is 11.6 Å². The van der Waals surface area contributed by atoms with Gasteiger partial charge in [0.15, 0.2) is 5.65 Å². The summed E-state index contributed by atoms with van der Waals surface area (Å²) in [7, 11) is 0. The maximum Gasteiger partial charge on any atom is 0.159 e. The summed E-state index contributed by atoms with van der Waals surface area (Å²) in [6, 6.07) is 9.49. The van der Waals surface area contributed by atoms with Gasteiger partial charge in [0.25, 0.3) is 0 Å².